The number of hydrogen-bond donors (Lipinski definition) is 2. The number of H-pyrrole nitrogens is 1. The van der Waals surface area contributed by atoms with Gasteiger partial charge in [0, 0.05) is 40.2 Å². The van der Waals surface area contributed by atoms with Crippen molar-refractivity contribution in [2.45, 2.75) is 25.3 Å². The third-order valence-electron chi connectivity index (χ3n) is 4.11. The smallest absolute Gasteiger partial charge is 0.0495 e. The summed E-state index contributed by atoms with van der Waals surface area (Å²) in [5, 5.41) is 6.08. The summed E-state index contributed by atoms with van der Waals surface area (Å²) in [6.45, 7) is 1.17. The lowest BCUT2D eigenvalue weighted by molar-refractivity contribution is 0.603. The minimum absolute atomic E-state index is 0.654. The lowest BCUT2D eigenvalue weighted by Crippen LogP contribution is -2.23. The van der Waals surface area contributed by atoms with Crippen LogP contribution in [0.1, 0.15) is 18.4 Å². The van der Waals surface area contributed by atoms with Crippen LogP contribution in [0.2, 0.25) is 0 Å². The molecule has 0 amide bonds. The fourth-order valence-corrected chi connectivity index (χ4v) is 3.13. The second kappa shape index (κ2) is 4.35. The first-order valence-electron chi connectivity index (χ1n) is 6.98. The molecule has 4 rings (SSSR count). The van der Waals surface area contributed by atoms with Gasteiger partial charge >= 0.3 is 0 Å². The van der Waals surface area contributed by atoms with E-state index in [0.29, 0.717) is 6.04 Å². The van der Waals surface area contributed by atoms with Gasteiger partial charge in [0.05, 0.1) is 0 Å². The lowest BCUT2D eigenvalue weighted by Gasteiger charge is -2.09. The zero-order valence-corrected chi connectivity index (χ0v) is 10.8. The molecule has 0 aliphatic carbocycles. The number of rotatable bonds is 2. The van der Waals surface area contributed by atoms with Crippen molar-refractivity contribution in [3.63, 3.8) is 0 Å². The molecule has 1 saturated heterocycles. The molecule has 1 atom stereocenters. The van der Waals surface area contributed by atoms with Gasteiger partial charge in [0.15, 0.2) is 0 Å². The van der Waals surface area contributed by atoms with E-state index in [4.69, 9.17) is 0 Å². The van der Waals surface area contributed by atoms with E-state index >= 15 is 0 Å². The number of pyridine rings is 1. The minimum Gasteiger partial charge on any atom is -0.354 e. The second-order valence-corrected chi connectivity index (χ2v) is 5.42. The van der Waals surface area contributed by atoms with E-state index in [2.05, 4.69) is 33.5 Å². The van der Waals surface area contributed by atoms with Gasteiger partial charge in [0.25, 0.3) is 0 Å². The van der Waals surface area contributed by atoms with Gasteiger partial charge in [0.2, 0.25) is 0 Å². The molecule has 0 saturated carbocycles. The van der Waals surface area contributed by atoms with Crippen LogP contribution >= 0.6 is 0 Å². The van der Waals surface area contributed by atoms with Crippen LogP contribution in [0.15, 0.2) is 36.7 Å². The molecule has 3 aromatic rings. The summed E-state index contributed by atoms with van der Waals surface area (Å²) in [6, 6.07) is 9.44. The van der Waals surface area contributed by atoms with Crippen molar-refractivity contribution in [2.24, 2.45) is 0 Å². The van der Waals surface area contributed by atoms with Gasteiger partial charge < -0.3 is 10.3 Å². The molecule has 0 spiro atoms. The third-order valence-corrected chi connectivity index (χ3v) is 4.11. The van der Waals surface area contributed by atoms with E-state index in [1.54, 1.807) is 0 Å². The first-order chi connectivity index (χ1) is 9.40. The Labute approximate surface area is 112 Å². The van der Waals surface area contributed by atoms with Crippen molar-refractivity contribution in [3.05, 3.63) is 42.2 Å². The SMILES string of the molecule is c1cc2[nH]c3ccc(CC4CCCN4)cc3c2cn1. The second-order valence-electron chi connectivity index (χ2n) is 5.42. The number of nitrogens with one attached hydrogen (secondary N) is 2. The van der Waals surface area contributed by atoms with Gasteiger partial charge in [-0.25, -0.2) is 0 Å². The summed E-state index contributed by atoms with van der Waals surface area (Å²) in [4.78, 5) is 7.68. The van der Waals surface area contributed by atoms with Crippen molar-refractivity contribution in [1.29, 1.82) is 0 Å². The Morgan fingerprint density at radius 3 is 3.00 bits per heavy atom. The summed E-state index contributed by atoms with van der Waals surface area (Å²) in [5.41, 5.74) is 3.78. The maximum Gasteiger partial charge on any atom is 0.0495 e. The number of nitrogens with zero attached hydrogens (tertiary/aromatic N) is 1. The molecule has 1 aliphatic rings. The standard InChI is InChI=1S/C16H17N3/c1-2-12(18-6-1)8-11-3-4-15-13(9-11)14-10-17-7-5-16(14)19-15/h3-5,7,9-10,12,18-19H,1-2,6,8H2. The van der Waals surface area contributed by atoms with Crippen molar-refractivity contribution >= 4 is 21.8 Å². The number of fused-ring (bicyclic) bond motifs is 3. The molecule has 3 heteroatoms. The fourth-order valence-electron chi connectivity index (χ4n) is 3.13. The minimum atomic E-state index is 0.654. The largest absolute Gasteiger partial charge is 0.354 e. The summed E-state index contributed by atoms with van der Waals surface area (Å²) in [7, 11) is 0. The summed E-state index contributed by atoms with van der Waals surface area (Å²) in [6.07, 6.45) is 7.52. The molecule has 3 heterocycles. The Kier molecular flexibility index (Phi) is 2.52. The zero-order chi connectivity index (χ0) is 12.7. The van der Waals surface area contributed by atoms with Gasteiger partial charge in [-0.1, -0.05) is 6.07 Å². The Bertz CT molecular complexity index is 723. The Balaban J connectivity index is 1.78. The van der Waals surface area contributed by atoms with E-state index in [1.807, 2.05) is 18.5 Å². The van der Waals surface area contributed by atoms with Gasteiger partial charge in [-0.05, 0) is 49.6 Å². The van der Waals surface area contributed by atoms with Crippen LogP contribution < -0.4 is 5.32 Å². The topological polar surface area (TPSA) is 40.7 Å². The molecule has 1 unspecified atom stereocenters. The van der Waals surface area contributed by atoms with E-state index in [-0.39, 0.29) is 0 Å². The van der Waals surface area contributed by atoms with Crippen LogP contribution in [0, 0.1) is 0 Å². The van der Waals surface area contributed by atoms with Gasteiger partial charge in [-0.15, -0.1) is 0 Å². The molecule has 0 bridgehead atoms. The highest BCUT2D eigenvalue weighted by Crippen LogP contribution is 2.26. The monoisotopic (exact) mass is 251 g/mol. The third kappa shape index (κ3) is 1.90. The number of aromatic nitrogens is 2. The number of hydrogen-bond acceptors (Lipinski definition) is 2. The molecule has 3 nitrogen and oxygen atoms in total. The van der Waals surface area contributed by atoms with Crippen LogP contribution in [-0.4, -0.2) is 22.6 Å². The predicted octanol–water partition coefficient (Wildman–Crippen LogP) is 3.01. The van der Waals surface area contributed by atoms with Crippen LogP contribution in [0.4, 0.5) is 0 Å². The fraction of sp³-hybridized carbons (Fsp3) is 0.312. The summed E-state index contributed by atoms with van der Waals surface area (Å²) in [5.74, 6) is 0. The van der Waals surface area contributed by atoms with Gasteiger partial charge in [-0.2, -0.15) is 0 Å². The maximum absolute atomic E-state index is 4.24. The number of aromatic amines is 1. The number of benzene rings is 1. The van der Waals surface area contributed by atoms with Crippen molar-refractivity contribution < 1.29 is 0 Å². The van der Waals surface area contributed by atoms with Gasteiger partial charge in [-0.3, -0.25) is 4.98 Å². The van der Waals surface area contributed by atoms with Crippen molar-refractivity contribution in [1.82, 2.24) is 15.3 Å². The van der Waals surface area contributed by atoms with Crippen LogP contribution in [0.25, 0.3) is 21.8 Å². The molecule has 1 aliphatic heterocycles. The highest BCUT2D eigenvalue weighted by Gasteiger charge is 2.14. The van der Waals surface area contributed by atoms with Crippen molar-refractivity contribution in [2.75, 3.05) is 6.54 Å². The van der Waals surface area contributed by atoms with Crippen LogP contribution in [0.5, 0.6) is 0 Å². The molecular weight excluding hydrogens is 234 g/mol. The first-order valence-corrected chi connectivity index (χ1v) is 6.98. The molecule has 1 fully saturated rings. The Morgan fingerprint density at radius 1 is 1.16 bits per heavy atom. The highest BCUT2D eigenvalue weighted by atomic mass is 14.9. The van der Waals surface area contributed by atoms with Crippen LogP contribution in [-0.2, 0) is 6.42 Å². The first kappa shape index (κ1) is 11.0. The molecule has 96 valence electrons. The quantitative estimate of drug-likeness (QED) is 0.735. The molecule has 1 aromatic carbocycles. The molecule has 0 radical (unpaired) electrons. The Morgan fingerprint density at radius 2 is 2.11 bits per heavy atom. The van der Waals surface area contributed by atoms with E-state index in [0.717, 1.165) is 6.42 Å². The Hall–Kier alpha value is -1.87. The van der Waals surface area contributed by atoms with E-state index < -0.39 is 0 Å². The maximum atomic E-state index is 4.24. The summed E-state index contributed by atoms with van der Waals surface area (Å²) < 4.78 is 0. The average Bonchev–Trinajstić information content (AvgIpc) is 3.06. The molecule has 19 heavy (non-hydrogen) atoms. The average molecular weight is 251 g/mol. The normalized spacial score (nSPS) is 19.5. The summed E-state index contributed by atoms with van der Waals surface area (Å²) >= 11 is 0. The molecule has 2 N–H and O–H groups in total. The molecule has 2 aromatic heterocycles. The van der Waals surface area contributed by atoms with Crippen LogP contribution in [0.3, 0.4) is 0 Å². The van der Waals surface area contributed by atoms with Crippen molar-refractivity contribution in [3.8, 4) is 0 Å². The van der Waals surface area contributed by atoms with E-state index in [1.165, 1.54) is 46.8 Å². The highest BCUT2D eigenvalue weighted by molar-refractivity contribution is 6.06. The van der Waals surface area contributed by atoms with Gasteiger partial charge in [0.1, 0.15) is 0 Å². The predicted molar refractivity (Wildman–Crippen MR) is 78.3 cm³/mol. The van der Waals surface area contributed by atoms with E-state index in [9.17, 15) is 0 Å². The molecular formula is C16H17N3. The lowest BCUT2D eigenvalue weighted by atomic mass is 10.0. The zero-order valence-electron chi connectivity index (χ0n) is 10.8.